The van der Waals surface area contributed by atoms with Gasteiger partial charge in [0.2, 0.25) is 0 Å². The van der Waals surface area contributed by atoms with Crippen molar-refractivity contribution >= 4 is 0 Å². The van der Waals surface area contributed by atoms with Gasteiger partial charge in [0, 0.05) is 6.04 Å². The Balaban J connectivity index is 2.40. The summed E-state index contributed by atoms with van der Waals surface area (Å²) >= 11 is 0. The SMILES string of the molecule is CC(C)NCCc1ccccc1COCCC(F)(F)F. The van der Waals surface area contributed by atoms with Crippen molar-refractivity contribution in [3.63, 3.8) is 0 Å². The maximum atomic E-state index is 12.0. The van der Waals surface area contributed by atoms with E-state index in [1.54, 1.807) is 0 Å². The predicted octanol–water partition coefficient (Wildman–Crippen LogP) is 3.70. The molecule has 0 aliphatic rings. The maximum Gasteiger partial charge on any atom is 0.391 e. The van der Waals surface area contributed by atoms with Crippen LogP contribution in [0.5, 0.6) is 0 Å². The van der Waals surface area contributed by atoms with Gasteiger partial charge in [-0.2, -0.15) is 13.2 Å². The van der Waals surface area contributed by atoms with E-state index in [9.17, 15) is 13.2 Å². The molecule has 0 aliphatic carbocycles. The summed E-state index contributed by atoms with van der Waals surface area (Å²) in [5, 5.41) is 3.32. The van der Waals surface area contributed by atoms with Crippen LogP contribution in [0.3, 0.4) is 0 Å². The van der Waals surface area contributed by atoms with E-state index in [2.05, 4.69) is 19.2 Å². The van der Waals surface area contributed by atoms with Crippen molar-refractivity contribution in [1.82, 2.24) is 5.32 Å². The van der Waals surface area contributed by atoms with Gasteiger partial charge in [0.25, 0.3) is 0 Å². The zero-order valence-corrected chi connectivity index (χ0v) is 12.0. The number of rotatable bonds is 8. The van der Waals surface area contributed by atoms with Crippen molar-refractivity contribution in [2.45, 2.75) is 45.5 Å². The molecule has 1 aromatic carbocycles. The van der Waals surface area contributed by atoms with Crippen molar-refractivity contribution in [2.24, 2.45) is 0 Å². The first-order valence-corrected chi connectivity index (χ1v) is 6.83. The second-order valence-electron chi connectivity index (χ2n) is 5.05. The molecule has 0 radical (unpaired) electrons. The lowest BCUT2D eigenvalue weighted by Crippen LogP contribution is -2.25. The van der Waals surface area contributed by atoms with Gasteiger partial charge in [-0.1, -0.05) is 38.1 Å². The van der Waals surface area contributed by atoms with Crippen LogP contribution in [0.2, 0.25) is 0 Å². The highest BCUT2D eigenvalue weighted by molar-refractivity contribution is 5.26. The summed E-state index contributed by atoms with van der Waals surface area (Å²) in [5.41, 5.74) is 2.08. The molecule has 0 bridgehead atoms. The number of alkyl halides is 3. The topological polar surface area (TPSA) is 21.3 Å². The monoisotopic (exact) mass is 289 g/mol. The summed E-state index contributed by atoms with van der Waals surface area (Å²) < 4.78 is 41.2. The smallest absolute Gasteiger partial charge is 0.376 e. The zero-order valence-electron chi connectivity index (χ0n) is 12.0. The maximum absolute atomic E-state index is 12.0. The van der Waals surface area contributed by atoms with Crippen molar-refractivity contribution in [1.29, 1.82) is 0 Å². The Labute approximate surface area is 118 Å². The first kappa shape index (κ1) is 17.0. The van der Waals surface area contributed by atoms with E-state index in [1.807, 2.05) is 24.3 Å². The predicted molar refractivity (Wildman–Crippen MR) is 73.6 cm³/mol. The van der Waals surface area contributed by atoms with Crippen LogP contribution < -0.4 is 5.32 Å². The second kappa shape index (κ2) is 8.27. The number of halogens is 3. The Bertz CT molecular complexity index is 391. The van der Waals surface area contributed by atoms with Crippen molar-refractivity contribution in [3.05, 3.63) is 35.4 Å². The van der Waals surface area contributed by atoms with Gasteiger partial charge >= 0.3 is 6.18 Å². The van der Waals surface area contributed by atoms with Crippen LogP contribution >= 0.6 is 0 Å². The summed E-state index contributed by atoms with van der Waals surface area (Å²) in [6.07, 6.45) is -4.21. The molecule has 0 amide bonds. The molecular formula is C15H22F3NO. The van der Waals surface area contributed by atoms with E-state index < -0.39 is 12.6 Å². The summed E-state index contributed by atoms with van der Waals surface area (Å²) in [7, 11) is 0. The fourth-order valence-corrected chi connectivity index (χ4v) is 1.81. The molecule has 0 heterocycles. The summed E-state index contributed by atoms with van der Waals surface area (Å²) in [5.74, 6) is 0. The lowest BCUT2D eigenvalue weighted by Gasteiger charge is -2.12. The van der Waals surface area contributed by atoms with Gasteiger partial charge in [0.1, 0.15) is 0 Å². The van der Waals surface area contributed by atoms with Gasteiger partial charge in [0.05, 0.1) is 19.6 Å². The highest BCUT2D eigenvalue weighted by Gasteiger charge is 2.26. The average Bonchev–Trinajstić information content (AvgIpc) is 2.34. The molecule has 0 atom stereocenters. The van der Waals surface area contributed by atoms with Crippen LogP contribution in [0.1, 0.15) is 31.4 Å². The normalized spacial score (nSPS) is 12.1. The fourth-order valence-electron chi connectivity index (χ4n) is 1.81. The van der Waals surface area contributed by atoms with Crippen molar-refractivity contribution in [2.75, 3.05) is 13.2 Å². The largest absolute Gasteiger partial charge is 0.391 e. The summed E-state index contributed by atoms with van der Waals surface area (Å²) in [6, 6.07) is 8.12. The van der Waals surface area contributed by atoms with E-state index >= 15 is 0 Å². The average molecular weight is 289 g/mol. The van der Waals surface area contributed by atoms with Crippen molar-refractivity contribution < 1.29 is 17.9 Å². The molecule has 20 heavy (non-hydrogen) atoms. The highest BCUT2D eigenvalue weighted by Crippen LogP contribution is 2.19. The summed E-state index contributed by atoms with van der Waals surface area (Å²) in [4.78, 5) is 0. The van der Waals surface area contributed by atoms with Gasteiger partial charge in [-0.15, -0.1) is 0 Å². The molecule has 0 saturated heterocycles. The van der Waals surface area contributed by atoms with E-state index in [0.29, 0.717) is 6.04 Å². The van der Waals surface area contributed by atoms with Crippen molar-refractivity contribution in [3.8, 4) is 0 Å². The second-order valence-corrected chi connectivity index (χ2v) is 5.05. The highest BCUT2D eigenvalue weighted by atomic mass is 19.4. The molecule has 5 heteroatoms. The summed E-state index contributed by atoms with van der Waals surface area (Å²) in [6.45, 7) is 4.94. The van der Waals surface area contributed by atoms with Gasteiger partial charge < -0.3 is 10.1 Å². The molecule has 1 aromatic rings. The minimum absolute atomic E-state index is 0.230. The Morgan fingerprint density at radius 1 is 1.15 bits per heavy atom. The lowest BCUT2D eigenvalue weighted by molar-refractivity contribution is -0.146. The Kier molecular flexibility index (Phi) is 7.02. The Morgan fingerprint density at radius 2 is 1.80 bits per heavy atom. The first-order chi connectivity index (χ1) is 9.38. The molecule has 0 saturated carbocycles. The molecule has 0 spiro atoms. The number of hydrogen-bond donors (Lipinski definition) is 1. The van der Waals surface area contributed by atoms with E-state index in [0.717, 1.165) is 24.1 Å². The van der Waals surface area contributed by atoms with Crippen LogP contribution in [-0.2, 0) is 17.8 Å². The molecular weight excluding hydrogens is 267 g/mol. The van der Waals surface area contributed by atoms with Gasteiger partial charge in [-0.05, 0) is 24.1 Å². The molecule has 0 aliphatic heterocycles. The quantitative estimate of drug-likeness (QED) is 0.737. The molecule has 0 fully saturated rings. The molecule has 1 rings (SSSR count). The van der Waals surface area contributed by atoms with Crippen LogP contribution in [-0.4, -0.2) is 25.4 Å². The third-order valence-electron chi connectivity index (χ3n) is 2.85. The number of benzene rings is 1. The fraction of sp³-hybridized carbons (Fsp3) is 0.600. The Hall–Kier alpha value is -1.07. The van der Waals surface area contributed by atoms with Gasteiger partial charge in [0.15, 0.2) is 0 Å². The van der Waals surface area contributed by atoms with Gasteiger partial charge in [-0.25, -0.2) is 0 Å². The lowest BCUT2D eigenvalue weighted by atomic mass is 10.1. The molecule has 114 valence electrons. The standard InChI is InChI=1S/C15H22F3NO/c1-12(2)19-9-7-13-5-3-4-6-14(13)11-20-10-8-15(16,17)18/h3-6,12,19H,7-11H2,1-2H3. The number of ether oxygens (including phenoxy) is 1. The molecule has 0 unspecified atom stereocenters. The van der Waals surface area contributed by atoms with E-state index in [4.69, 9.17) is 4.74 Å². The van der Waals surface area contributed by atoms with Crippen LogP contribution in [0.25, 0.3) is 0 Å². The number of nitrogens with one attached hydrogen (secondary N) is 1. The Morgan fingerprint density at radius 3 is 2.40 bits per heavy atom. The van der Waals surface area contributed by atoms with Gasteiger partial charge in [-0.3, -0.25) is 0 Å². The van der Waals surface area contributed by atoms with E-state index in [-0.39, 0.29) is 13.2 Å². The third-order valence-corrected chi connectivity index (χ3v) is 2.85. The number of hydrogen-bond acceptors (Lipinski definition) is 2. The minimum Gasteiger partial charge on any atom is -0.376 e. The zero-order chi connectivity index (χ0) is 15.0. The van der Waals surface area contributed by atoms with Crippen LogP contribution in [0.4, 0.5) is 13.2 Å². The molecule has 0 aromatic heterocycles. The minimum atomic E-state index is -4.15. The molecule has 2 nitrogen and oxygen atoms in total. The first-order valence-electron chi connectivity index (χ1n) is 6.83. The molecule has 1 N–H and O–H groups in total. The third kappa shape index (κ3) is 7.50. The van der Waals surface area contributed by atoms with E-state index in [1.165, 1.54) is 0 Å². The van der Waals surface area contributed by atoms with Crippen LogP contribution in [0.15, 0.2) is 24.3 Å². The van der Waals surface area contributed by atoms with Crippen LogP contribution in [0, 0.1) is 0 Å².